The lowest BCUT2D eigenvalue weighted by Crippen LogP contribution is -2.35. The fraction of sp³-hybridized carbons (Fsp3) is 0.263. The largest absolute Gasteiger partial charge is 0.483 e. The molecule has 2 N–H and O–H groups in total. The SMILES string of the molecule is Cc1ccc(C)c(OCC(=O)NCC(=O)Nc2ccc(Br)cc2C)c1. The number of rotatable bonds is 6. The van der Waals surface area contributed by atoms with Gasteiger partial charge in [0.25, 0.3) is 5.91 Å². The monoisotopic (exact) mass is 404 g/mol. The molecule has 2 amide bonds. The maximum absolute atomic E-state index is 11.9. The van der Waals surface area contributed by atoms with Gasteiger partial charge >= 0.3 is 0 Å². The van der Waals surface area contributed by atoms with E-state index in [1.54, 1.807) is 0 Å². The minimum atomic E-state index is -0.344. The highest BCUT2D eigenvalue weighted by molar-refractivity contribution is 9.10. The van der Waals surface area contributed by atoms with Crippen LogP contribution in [0.5, 0.6) is 5.75 Å². The van der Waals surface area contributed by atoms with Gasteiger partial charge in [-0.25, -0.2) is 0 Å². The number of nitrogens with one attached hydrogen (secondary N) is 2. The highest BCUT2D eigenvalue weighted by Gasteiger charge is 2.09. The van der Waals surface area contributed by atoms with Gasteiger partial charge in [-0.3, -0.25) is 9.59 Å². The number of carbonyl (C=O) groups excluding carboxylic acids is 2. The van der Waals surface area contributed by atoms with Crippen molar-refractivity contribution in [2.75, 3.05) is 18.5 Å². The van der Waals surface area contributed by atoms with Gasteiger partial charge in [-0.2, -0.15) is 0 Å². The van der Waals surface area contributed by atoms with Gasteiger partial charge in [0.1, 0.15) is 5.75 Å². The van der Waals surface area contributed by atoms with Crippen LogP contribution < -0.4 is 15.4 Å². The number of hydrogen-bond donors (Lipinski definition) is 2. The Balaban J connectivity index is 1.79. The van der Waals surface area contributed by atoms with Gasteiger partial charge in [0.05, 0.1) is 6.54 Å². The molecule has 0 aliphatic heterocycles. The van der Waals surface area contributed by atoms with E-state index in [9.17, 15) is 9.59 Å². The number of halogens is 1. The van der Waals surface area contributed by atoms with E-state index in [1.165, 1.54) is 0 Å². The summed E-state index contributed by atoms with van der Waals surface area (Å²) in [6.45, 7) is 5.54. The lowest BCUT2D eigenvalue weighted by Gasteiger charge is -2.11. The minimum Gasteiger partial charge on any atom is -0.483 e. The zero-order valence-corrected chi connectivity index (χ0v) is 16.1. The van der Waals surface area contributed by atoms with E-state index in [0.29, 0.717) is 11.4 Å². The molecular weight excluding hydrogens is 384 g/mol. The summed E-state index contributed by atoms with van der Waals surface area (Å²) in [5.41, 5.74) is 3.67. The maximum atomic E-state index is 11.9. The summed E-state index contributed by atoms with van der Waals surface area (Å²) in [4.78, 5) is 23.8. The van der Waals surface area contributed by atoms with Crippen molar-refractivity contribution >= 4 is 33.4 Å². The molecule has 0 aliphatic rings. The Labute approximate surface area is 155 Å². The Morgan fingerprint density at radius 2 is 1.76 bits per heavy atom. The highest BCUT2D eigenvalue weighted by Crippen LogP contribution is 2.20. The van der Waals surface area contributed by atoms with Crippen LogP contribution in [0.1, 0.15) is 16.7 Å². The molecule has 0 aromatic heterocycles. The summed E-state index contributed by atoms with van der Waals surface area (Å²) in [7, 11) is 0. The smallest absolute Gasteiger partial charge is 0.258 e. The fourth-order valence-corrected chi connectivity index (χ4v) is 2.67. The average Bonchev–Trinajstić information content (AvgIpc) is 2.56. The fourth-order valence-electron chi connectivity index (χ4n) is 2.20. The number of hydrogen-bond acceptors (Lipinski definition) is 3. The molecule has 0 saturated carbocycles. The topological polar surface area (TPSA) is 67.4 Å². The first-order chi connectivity index (χ1) is 11.8. The Kier molecular flexibility index (Phi) is 6.58. The van der Waals surface area contributed by atoms with Crippen LogP contribution in [0.25, 0.3) is 0 Å². The van der Waals surface area contributed by atoms with Gasteiger partial charge in [0.15, 0.2) is 6.61 Å². The molecule has 0 fully saturated rings. The molecular formula is C19H21BrN2O3. The van der Waals surface area contributed by atoms with Crippen LogP contribution in [0.2, 0.25) is 0 Å². The van der Waals surface area contributed by atoms with Crippen molar-refractivity contribution in [3.63, 3.8) is 0 Å². The second kappa shape index (κ2) is 8.67. The zero-order valence-electron chi connectivity index (χ0n) is 14.5. The summed E-state index contributed by atoms with van der Waals surface area (Å²) in [5.74, 6) is 0.0409. The van der Waals surface area contributed by atoms with Crippen molar-refractivity contribution in [3.05, 3.63) is 57.6 Å². The molecule has 6 heteroatoms. The molecule has 2 aromatic carbocycles. The summed E-state index contributed by atoms with van der Waals surface area (Å²) < 4.78 is 6.46. The van der Waals surface area contributed by atoms with Gasteiger partial charge in [0.2, 0.25) is 5.91 Å². The van der Waals surface area contributed by atoms with E-state index in [0.717, 1.165) is 21.2 Å². The van der Waals surface area contributed by atoms with E-state index in [4.69, 9.17) is 4.74 Å². The number of amides is 2. The van der Waals surface area contributed by atoms with Crippen LogP contribution in [0.4, 0.5) is 5.69 Å². The second-order valence-corrected chi connectivity index (χ2v) is 6.76. The van der Waals surface area contributed by atoms with Crippen LogP contribution in [0.15, 0.2) is 40.9 Å². The quantitative estimate of drug-likeness (QED) is 0.773. The number of benzene rings is 2. The predicted molar refractivity (Wildman–Crippen MR) is 102 cm³/mol. The minimum absolute atomic E-state index is 0.107. The van der Waals surface area contributed by atoms with E-state index in [1.807, 2.05) is 57.2 Å². The number of ether oxygens (including phenoxy) is 1. The lowest BCUT2D eigenvalue weighted by molar-refractivity contribution is -0.125. The van der Waals surface area contributed by atoms with Crippen LogP contribution in [-0.4, -0.2) is 25.0 Å². The number of carbonyl (C=O) groups is 2. The third-order valence-electron chi connectivity index (χ3n) is 3.61. The Morgan fingerprint density at radius 1 is 1.00 bits per heavy atom. The number of aryl methyl sites for hydroxylation is 3. The van der Waals surface area contributed by atoms with Crippen LogP contribution in [0, 0.1) is 20.8 Å². The third kappa shape index (κ3) is 5.90. The molecule has 0 atom stereocenters. The summed E-state index contributed by atoms with van der Waals surface area (Å²) >= 11 is 3.37. The summed E-state index contributed by atoms with van der Waals surface area (Å²) in [5, 5.41) is 5.32. The Hall–Kier alpha value is -2.34. The highest BCUT2D eigenvalue weighted by atomic mass is 79.9. The van der Waals surface area contributed by atoms with E-state index in [-0.39, 0.29) is 25.0 Å². The van der Waals surface area contributed by atoms with E-state index in [2.05, 4.69) is 26.6 Å². The second-order valence-electron chi connectivity index (χ2n) is 5.84. The first-order valence-corrected chi connectivity index (χ1v) is 8.67. The van der Waals surface area contributed by atoms with Gasteiger partial charge in [-0.05, 0) is 61.7 Å². The van der Waals surface area contributed by atoms with Crippen LogP contribution >= 0.6 is 15.9 Å². The lowest BCUT2D eigenvalue weighted by atomic mass is 10.1. The van der Waals surface area contributed by atoms with Crippen molar-refractivity contribution in [2.45, 2.75) is 20.8 Å². The molecule has 2 rings (SSSR count). The molecule has 5 nitrogen and oxygen atoms in total. The van der Waals surface area contributed by atoms with E-state index >= 15 is 0 Å². The molecule has 0 bridgehead atoms. The molecule has 0 unspecified atom stereocenters. The molecule has 0 aliphatic carbocycles. The molecule has 0 radical (unpaired) electrons. The maximum Gasteiger partial charge on any atom is 0.258 e. The van der Waals surface area contributed by atoms with E-state index < -0.39 is 0 Å². The van der Waals surface area contributed by atoms with Gasteiger partial charge in [-0.1, -0.05) is 28.1 Å². The van der Waals surface area contributed by atoms with Crippen molar-refractivity contribution in [2.24, 2.45) is 0 Å². The predicted octanol–water partition coefficient (Wildman–Crippen LogP) is 3.51. The molecule has 25 heavy (non-hydrogen) atoms. The zero-order chi connectivity index (χ0) is 18.4. The molecule has 0 saturated heterocycles. The van der Waals surface area contributed by atoms with Gasteiger partial charge in [-0.15, -0.1) is 0 Å². The van der Waals surface area contributed by atoms with Crippen molar-refractivity contribution in [3.8, 4) is 5.75 Å². The van der Waals surface area contributed by atoms with Crippen molar-refractivity contribution in [1.82, 2.24) is 5.32 Å². The first kappa shape index (κ1) is 19.0. The average molecular weight is 405 g/mol. The van der Waals surface area contributed by atoms with Crippen molar-refractivity contribution in [1.29, 1.82) is 0 Å². The standard InChI is InChI=1S/C19H21BrN2O3/c1-12-4-5-13(2)17(8-12)25-11-19(24)21-10-18(23)22-16-7-6-15(20)9-14(16)3/h4-9H,10-11H2,1-3H3,(H,21,24)(H,22,23). The third-order valence-corrected chi connectivity index (χ3v) is 4.10. The van der Waals surface area contributed by atoms with Gasteiger partial charge in [0, 0.05) is 10.2 Å². The first-order valence-electron chi connectivity index (χ1n) is 7.88. The molecule has 0 heterocycles. The molecule has 132 valence electrons. The van der Waals surface area contributed by atoms with Crippen molar-refractivity contribution < 1.29 is 14.3 Å². The van der Waals surface area contributed by atoms with Gasteiger partial charge < -0.3 is 15.4 Å². The Bertz CT molecular complexity index is 790. The van der Waals surface area contributed by atoms with Crippen LogP contribution in [-0.2, 0) is 9.59 Å². The number of anilines is 1. The Morgan fingerprint density at radius 3 is 2.48 bits per heavy atom. The molecule has 0 spiro atoms. The molecule has 2 aromatic rings. The summed E-state index contributed by atoms with van der Waals surface area (Å²) in [6.07, 6.45) is 0. The summed E-state index contributed by atoms with van der Waals surface area (Å²) in [6, 6.07) is 11.4. The van der Waals surface area contributed by atoms with Crippen LogP contribution in [0.3, 0.4) is 0 Å². The normalized spacial score (nSPS) is 10.2.